The van der Waals surface area contributed by atoms with Crippen molar-refractivity contribution in [2.45, 2.75) is 6.92 Å². The van der Waals surface area contributed by atoms with E-state index in [0.29, 0.717) is 23.6 Å². The Morgan fingerprint density at radius 1 is 1.15 bits per heavy atom. The van der Waals surface area contributed by atoms with Gasteiger partial charge >= 0.3 is 0 Å². The van der Waals surface area contributed by atoms with Crippen LogP contribution in [0.25, 0.3) is 0 Å². The lowest BCUT2D eigenvalue weighted by Crippen LogP contribution is -2.14. The molecule has 5 heteroatoms. The van der Waals surface area contributed by atoms with Crippen LogP contribution >= 0.6 is 0 Å². The number of carbonyl (C=O) groups is 2. The minimum atomic E-state index is -0.933. The highest BCUT2D eigenvalue weighted by Gasteiger charge is 2.14. The number of carbonyl (C=O) groups excluding carboxylic acids is 2. The first-order valence-electron chi connectivity index (χ1n) is 5.83. The van der Waals surface area contributed by atoms with Gasteiger partial charge in [0.25, 0.3) is 5.91 Å². The topological polar surface area (TPSA) is 46.2 Å². The zero-order valence-electron chi connectivity index (χ0n) is 10.6. The third-order valence-electron chi connectivity index (χ3n) is 2.77. The van der Waals surface area contributed by atoms with Crippen molar-refractivity contribution in [1.82, 2.24) is 0 Å². The van der Waals surface area contributed by atoms with Gasteiger partial charge in [0.1, 0.15) is 17.9 Å². The Hall–Kier alpha value is -2.56. The van der Waals surface area contributed by atoms with E-state index >= 15 is 0 Å². The van der Waals surface area contributed by atoms with Crippen molar-refractivity contribution < 1.29 is 18.4 Å². The predicted octanol–water partition coefficient (Wildman–Crippen LogP) is 3.34. The van der Waals surface area contributed by atoms with Crippen LogP contribution in [0.3, 0.4) is 0 Å². The van der Waals surface area contributed by atoms with Crippen molar-refractivity contribution in [1.29, 1.82) is 0 Å². The molecule has 3 nitrogen and oxygen atoms in total. The number of nitrogens with one attached hydrogen (secondary N) is 1. The van der Waals surface area contributed by atoms with Crippen LogP contribution in [0.5, 0.6) is 0 Å². The van der Waals surface area contributed by atoms with Gasteiger partial charge in [-0.1, -0.05) is 12.1 Å². The van der Waals surface area contributed by atoms with Gasteiger partial charge in [-0.15, -0.1) is 0 Å². The van der Waals surface area contributed by atoms with E-state index in [1.54, 1.807) is 18.2 Å². The van der Waals surface area contributed by atoms with E-state index < -0.39 is 17.5 Å². The van der Waals surface area contributed by atoms with Crippen LogP contribution in [0.2, 0.25) is 0 Å². The molecule has 0 saturated heterocycles. The monoisotopic (exact) mass is 275 g/mol. The van der Waals surface area contributed by atoms with Gasteiger partial charge in [-0.3, -0.25) is 9.59 Å². The molecule has 0 aromatic heterocycles. The molecule has 0 unspecified atom stereocenters. The number of aldehydes is 1. The number of anilines is 1. The van der Waals surface area contributed by atoms with Crippen LogP contribution < -0.4 is 5.32 Å². The summed E-state index contributed by atoms with van der Waals surface area (Å²) < 4.78 is 26.7. The summed E-state index contributed by atoms with van der Waals surface area (Å²) in [5.41, 5.74) is 0.679. The van der Waals surface area contributed by atoms with Crippen LogP contribution in [0.1, 0.15) is 26.3 Å². The lowest BCUT2D eigenvalue weighted by Gasteiger charge is -2.08. The molecule has 2 rings (SSSR count). The van der Waals surface area contributed by atoms with Crippen LogP contribution in [0.4, 0.5) is 14.5 Å². The van der Waals surface area contributed by atoms with E-state index in [1.165, 1.54) is 13.0 Å². The molecule has 1 amide bonds. The summed E-state index contributed by atoms with van der Waals surface area (Å²) in [7, 11) is 0. The van der Waals surface area contributed by atoms with Gasteiger partial charge in [-0.25, -0.2) is 8.78 Å². The highest BCUT2D eigenvalue weighted by atomic mass is 19.1. The first-order valence-corrected chi connectivity index (χ1v) is 5.83. The van der Waals surface area contributed by atoms with Crippen LogP contribution in [-0.2, 0) is 0 Å². The van der Waals surface area contributed by atoms with Crippen LogP contribution in [0.15, 0.2) is 36.4 Å². The second-order valence-electron chi connectivity index (χ2n) is 4.28. The second kappa shape index (κ2) is 5.61. The molecular formula is C15H11F2NO2. The SMILES string of the molecule is Cc1cc(C(=O)Nc2cccc(C=O)c2)c(F)cc1F. The molecule has 0 spiro atoms. The van der Waals surface area contributed by atoms with Gasteiger partial charge in [-0.05, 0) is 30.7 Å². The lowest BCUT2D eigenvalue weighted by atomic mass is 10.1. The third-order valence-corrected chi connectivity index (χ3v) is 2.77. The summed E-state index contributed by atoms with van der Waals surface area (Å²) in [5.74, 6) is -2.34. The lowest BCUT2D eigenvalue weighted by molar-refractivity contribution is 0.102. The standard InChI is InChI=1S/C15H11F2NO2/c1-9-5-12(14(17)7-13(9)16)15(20)18-11-4-2-3-10(6-11)8-19/h2-8H,1H3,(H,18,20). The van der Waals surface area contributed by atoms with E-state index in [9.17, 15) is 18.4 Å². The molecule has 0 bridgehead atoms. The molecule has 0 atom stereocenters. The predicted molar refractivity (Wildman–Crippen MR) is 70.9 cm³/mol. The summed E-state index contributed by atoms with van der Waals surface area (Å²) in [5, 5.41) is 2.46. The first kappa shape index (κ1) is 13.9. The quantitative estimate of drug-likeness (QED) is 0.873. The Bertz CT molecular complexity index is 684. The summed E-state index contributed by atoms with van der Waals surface area (Å²) in [4.78, 5) is 22.6. The van der Waals surface area contributed by atoms with E-state index in [1.807, 2.05) is 0 Å². The fraction of sp³-hybridized carbons (Fsp3) is 0.0667. The third kappa shape index (κ3) is 2.88. The zero-order chi connectivity index (χ0) is 14.7. The molecule has 2 aromatic carbocycles. The molecule has 2 aromatic rings. The van der Waals surface area contributed by atoms with Gasteiger partial charge in [0.2, 0.25) is 0 Å². The summed E-state index contributed by atoms with van der Waals surface area (Å²) >= 11 is 0. The smallest absolute Gasteiger partial charge is 0.258 e. The van der Waals surface area contributed by atoms with Gasteiger partial charge in [-0.2, -0.15) is 0 Å². The molecule has 0 aliphatic heterocycles. The van der Waals surface area contributed by atoms with E-state index in [0.717, 1.165) is 6.07 Å². The number of hydrogen-bond donors (Lipinski definition) is 1. The molecular weight excluding hydrogens is 264 g/mol. The Labute approximate surface area is 114 Å². The van der Waals surface area contributed by atoms with Crippen molar-refractivity contribution in [3.8, 4) is 0 Å². The number of halogens is 2. The normalized spacial score (nSPS) is 10.2. The number of benzene rings is 2. The largest absolute Gasteiger partial charge is 0.322 e. The Balaban J connectivity index is 2.28. The van der Waals surface area contributed by atoms with E-state index in [4.69, 9.17) is 0 Å². The minimum Gasteiger partial charge on any atom is -0.322 e. The van der Waals surface area contributed by atoms with Crippen molar-refractivity contribution in [2.75, 3.05) is 5.32 Å². The van der Waals surface area contributed by atoms with Crippen molar-refractivity contribution in [3.63, 3.8) is 0 Å². The first-order chi connectivity index (χ1) is 9.51. The maximum atomic E-state index is 13.6. The summed E-state index contributed by atoms with van der Waals surface area (Å²) in [6, 6.07) is 8.00. The number of aryl methyl sites for hydroxylation is 1. The molecule has 0 aliphatic rings. The van der Waals surface area contributed by atoms with E-state index in [-0.39, 0.29) is 11.1 Å². The zero-order valence-corrected chi connectivity index (χ0v) is 10.6. The Morgan fingerprint density at radius 2 is 1.90 bits per heavy atom. The number of amides is 1. The average Bonchev–Trinajstić information content (AvgIpc) is 2.43. The molecule has 0 fully saturated rings. The van der Waals surface area contributed by atoms with Crippen molar-refractivity contribution in [3.05, 3.63) is 64.7 Å². The van der Waals surface area contributed by atoms with Crippen molar-refractivity contribution in [2.24, 2.45) is 0 Å². The molecule has 0 saturated carbocycles. The highest BCUT2D eigenvalue weighted by molar-refractivity contribution is 6.04. The maximum absolute atomic E-state index is 13.6. The van der Waals surface area contributed by atoms with E-state index in [2.05, 4.69) is 5.32 Å². The summed E-state index contributed by atoms with van der Waals surface area (Å²) in [6.45, 7) is 1.44. The maximum Gasteiger partial charge on any atom is 0.258 e. The van der Waals surface area contributed by atoms with Gasteiger partial charge in [0.05, 0.1) is 5.56 Å². The van der Waals surface area contributed by atoms with Crippen LogP contribution in [-0.4, -0.2) is 12.2 Å². The van der Waals surface area contributed by atoms with Crippen molar-refractivity contribution >= 4 is 17.9 Å². The molecule has 1 N–H and O–H groups in total. The van der Waals surface area contributed by atoms with Gasteiger partial charge < -0.3 is 5.32 Å². The molecule has 0 aliphatic carbocycles. The molecule has 0 radical (unpaired) electrons. The average molecular weight is 275 g/mol. The van der Waals surface area contributed by atoms with Gasteiger partial charge in [0, 0.05) is 17.3 Å². The molecule has 0 heterocycles. The van der Waals surface area contributed by atoms with Gasteiger partial charge in [0.15, 0.2) is 0 Å². The highest BCUT2D eigenvalue weighted by Crippen LogP contribution is 2.17. The second-order valence-corrected chi connectivity index (χ2v) is 4.28. The Kier molecular flexibility index (Phi) is 3.89. The minimum absolute atomic E-state index is 0.179. The summed E-state index contributed by atoms with van der Waals surface area (Å²) in [6.07, 6.45) is 0.637. The molecule has 20 heavy (non-hydrogen) atoms. The number of hydrogen-bond acceptors (Lipinski definition) is 2. The molecule has 102 valence electrons. The number of rotatable bonds is 3. The fourth-order valence-electron chi connectivity index (χ4n) is 1.72. The van der Waals surface area contributed by atoms with Crippen LogP contribution in [0, 0.1) is 18.6 Å². The fourth-order valence-corrected chi connectivity index (χ4v) is 1.72. The Morgan fingerprint density at radius 3 is 2.60 bits per heavy atom.